The third-order valence-corrected chi connectivity index (χ3v) is 3.49. The number of fused-ring (bicyclic) bond motifs is 1. The molecule has 4 nitrogen and oxygen atoms in total. The minimum absolute atomic E-state index is 0.337. The third-order valence-electron chi connectivity index (χ3n) is 3.49. The average Bonchev–Trinajstić information content (AvgIpc) is 2.86. The zero-order chi connectivity index (χ0) is 17.3. The summed E-state index contributed by atoms with van der Waals surface area (Å²) in [5.41, 5.74) is 1.78. The van der Waals surface area contributed by atoms with Crippen molar-refractivity contribution in [1.29, 1.82) is 0 Å². The van der Waals surface area contributed by atoms with E-state index in [-0.39, 0.29) is 11.7 Å². The fraction of sp³-hybridized carbons (Fsp3) is 0.118. The van der Waals surface area contributed by atoms with E-state index in [9.17, 15) is 18.0 Å². The minimum Gasteiger partial charge on any atom is -0.406 e. The molecular formula is C17H13F3N2O2. The number of carbonyl (C=O) groups excluding carboxylic acids is 1. The standard InChI is InChI=1S/C17H13F3N2O2/c1-22-10-14(13-4-2-3-5-15(13)22)16(23)21-11-6-8-12(9-7-11)24-17(18,19)20/h2-10H,1H3,(H,21,23). The van der Waals surface area contributed by atoms with Crippen LogP contribution in [-0.4, -0.2) is 16.8 Å². The number of ether oxygens (including phenoxy) is 1. The normalized spacial score (nSPS) is 11.5. The highest BCUT2D eigenvalue weighted by Gasteiger charge is 2.31. The van der Waals surface area contributed by atoms with Gasteiger partial charge in [0.25, 0.3) is 5.91 Å². The zero-order valence-corrected chi connectivity index (χ0v) is 12.6. The maximum absolute atomic E-state index is 12.4. The highest BCUT2D eigenvalue weighted by Crippen LogP contribution is 2.25. The number of halogens is 3. The number of aryl methyl sites for hydroxylation is 1. The van der Waals surface area contributed by atoms with Gasteiger partial charge >= 0.3 is 6.36 Å². The summed E-state index contributed by atoms with van der Waals surface area (Å²) >= 11 is 0. The van der Waals surface area contributed by atoms with Gasteiger partial charge < -0.3 is 14.6 Å². The lowest BCUT2D eigenvalue weighted by atomic mass is 10.1. The summed E-state index contributed by atoms with van der Waals surface area (Å²) in [6, 6.07) is 12.4. The van der Waals surface area contributed by atoms with Gasteiger partial charge in [0.2, 0.25) is 0 Å². The molecule has 0 atom stereocenters. The number of hydrogen-bond donors (Lipinski definition) is 1. The molecule has 0 radical (unpaired) electrons. The van der Waals surface area contributed by atoms with Crippen molar-refractivity contribution in [2.45, 2.75) is 6.36 Å². The Morgan fingerprint density at radius 2 is 1.75 bits per heavy atom. The first-order chi connectivity index (χ1) is 11.3. The van der Waals surface area contributed by atoms with Crippen molar-refractivity contribution in [2.24, 2.45) is 7.05 Å². The molecule has 124 valence electrons. The third kappa shape index (κ3) is 3.34. The SMILES string of the molecule is Cn1cc(C(=O)Nc2ccc(OC(F)(F)F)cc2)c2ccccc21. The maximum Gasteiger partial charge on any atom is 0.573 e. The van der Waals surface area contributed by atoms with Crippen molar-refractivity contribution in [2.75, 3.05) is 5.32 Å². The Morgan fingerprint density at radius 3 is 2.42 bits per heavy atom. The van der Waals surface area contributed by atoms with Gasteiger partial charge in [-0.15, -0.1) is 13.2 Å². The van der Waals surface area contributed by atoms with Gasteiger partial charge in [0.15, 0.2) is 0 Å². The summed E-state index contributed by atoms with van der Waals surface area (Å²) in [4.78, 5) is 12.4. The Morgan fingerprint density at radius 1 is 1.08 bits per heavy atom. The number of alkyl halides is 3. The van der Waals surface area contributed by atoms with Crippen LogP contribution in [0.4, 0.5) is 18.9 Å². The highest BCUT2D eigenvalue weighted by molar-refractivity contribution is 6.12. The van der Waals surface area contributed by atoms with Gasteiger partial charge in [-0.2, -0.15) is 0 Å². The molecule has 0 saturated carbocycles. The lowest BCUT2D eigenvalue weighted by Crippen LogP contribution is -2.17. The average molecular weight is 334 g/mol. The van der Waals surface area contributed by atoms with E-state index >= 15 is 0 Å². The van der Waals surface area contributed by atoms with Crippen molar-refractivity contribution in [3.8, 4) is 5.75 Å². The summed E-state index contributed by atoms with van der Waals surface area (Å²) < 4.78 is 42.0. The Bertz CT molecular complexity index is 883. The Labute approximate surface area is 135 Å². The second kappa shape index (κ2) is 5.92. The topological polar surface area (TPSA) is 43.3 Å². The van der Waals surface area contributed by atoms with E-state index in [4.69, 9.17) is 0 Å². The molecule has 1 N–H and O–H groups in total. The van der Waals surface area contributed by atoms with Crippen molar-refractivity contribution >= 4 is 22.5 Å². The summed E-state index contributed by atoms with van der Waals surface area (Å²) in [6.45, 7) is 0. The van der Waals surface area contributed by atoms with Crippen LogP contribution >= 0.6 is 0 Å². The van der Waals surface area contributed by atoms with Gasteiger partial charge in [-0.3, -0.25) is 4.79 Å². The molecule has 0 unspecified atom stereocenters. The van der Waals surface area contributed by atoms with E-state index in [0.29, 0.717) is 11.3 Å². The number of amides is 1. The smallest absolute Gasteiger partial charge is 0.406 e. The molecule has 0 aliphatic carbocycles. The van der Waals surface area contributed by atoms with Gasteiger partial charge in [0, 0.05) is 29.8 Å². The van der Waals surface area contributed by atoms with Gasteiger partial charge in [-0.1, -0.05) is 18.2 Å². The fourth-order valence-corrected chi connectivity index (χ4v) is 2.46. The van der Waals surface area contributed by atoms with E-state index in [0.717, 1.165) is 23.0 Å². The van der Waals surface area contributed by atoms with Crippen molar-refractivity contribution in [3.63, 3.8) is 0 Å². The van der Waals surface area contributed by atoms with Gasteiger partial charge in [-0.05, 0) is 30.3 Å². The molecule has 1 aromatic heterocycles. The summed E-state index contributed by atoms with van der Waals surface area (Å²) in [5, 5.41) is 3.47. The largest absolute Gasteiger partial charge is 0.573 e. The second-order valence-corrected chi connectivity index (χ2v) is 5.20. The van der Waals surface area contributed by atoms with Gasteiger partial charge in [0.1, 0.15) is 5.75 Å². The van der Waals surface area contributed by atoms with Crippen LogP contribution in [0.3, 0.4) is 0 Å². The molecule has 0 aliphatic heterocycles. The van der Waals surface area contributed by atoms with E-state index in [1.54, 1.807) is 6.20 Å². The van der Waals surface area contributed by atoms with Crippen LogP contribution in [0.5, 0.6) is 5.75 Å². The lowest BCUT2D eigenvalue weighted by Gasteiger charge is -2.09. The number of para-hydroxylation sites is 1. The monoisotopic (exact) mass is 334 g/mol. The number of anilines is 1. The molecule has 1 amide bonds. The molecule has 3 aromatic rings. The molecule has 2 aromatic carbocycles. The Balaban J connectivity index is 1.79. The molecule has 7 heteroatoms. The summed E-state index contributed by atoms with van der Waals surface area (Å²) in [5.74, 6) is -0.679. The van der Waals surface area contributed by atoms with Crippen LogP contribution in [-0.2, 0) is 7.05 Å². The van der Waals surface area contributed by atoms with Crippen LogP contribution in [0, 0.1) is 0 Å². The highest BCUT2D eigenvalue weighted by atomic mass is 19.4. The van der Waals surface area contributed by atoms with E-state index < -0.39 is 6.36 Å². The first-order valence-electron chi connectivity index (χ1n) is 7.05. The quantitative estimate of drug-likeness (QED) is 0.775. The van der Waals surface area contributed by atoms with Crippen molar-refractivity contribution < 1.29 is 22.7 Å². The molecule has 24 heavy (non-hydrogen) atoms. The maximum atomic E-state index is 12.4. The number of nitrogens with zero attached hydrogens (tertiary/aromatic N) is 1. The second-order valence-electron chi connectivity index (χ2n) is 5.20. The van der Waals surface area contributed by atoms with Crippen LogP contribution in [0.1, 0.15) is 10.4 Å². The molecule has 0 saturated heterocycles. The van der Waals surface area contributed by atoms with Crippen LogP contribution < -0.4 is 10.1 Å². The van der Waals surface area contributed by atoms with Crippen LogP contribution in [0.25, 0.3) is 10.9 Å². The minimum atomic E-state index is -4.74. The van der Waals surface area contributed by atoms with Crippen LogP contribution in [0.15, 0.2) is 54.7 Å². The molecule has 0 fully saturated rings. The number of rotatable bonds is 3. The fourth-order valence-electron chi connectivity index (χ4n) is 2.46. The lowest BCUT2D eigenvalue weighted by molar-refractivity contribution is -0.274. The van der Waals surface area contributed by atoms with E-state index in [1.807, 2.05) is 35.9 Å². The molecule has 0 bridgehead atoms. The van der Waals surface area contributed by atoms with Crippen molar-refractivity contribution in [3.05, 3.63) is 60.3 Å². The first-order valence-corrected chi connectivity index (χ1v) is 7.05. The number of aromatic nitrogens is 1. The predicted octanol–water partition coefficient (Wildman–Crippen LogP) is 4.33. The number of benzene rings is 2. The summed E-state index contributed by atoms with van der Waals surface area (Å²) in [6.07, 6.45) is -3.03. The Kier molecular flexibility index (Phi) is 3.92. The van der Waals surface area contributed by atoms with E-state index in [2.05, 4.69) is 10.1 Å². The van der Waals surface area contributed by atoms with Crippen molar-refractivity contribution in [1.82, 2.24) is 4.57 Å². The molecule has 3 rings (SSSR count). The van der Waals surface area contributed by atoms with Crippen LogP contribution in [0.2, 0.25) is 0 Å². The number of hydrogen-bond acceptors (Lipinski definition) is 2. The zero-order valence-electron chi connectivity index (χ0n) is 12.6. The van der Waals surface area contributed by atoms with Gasteiger partial charge in [-0.25, -0.2) is 0 Å². The van der Waals surface area contributed by atoms with Gasteiger partial charge in [0.05, 0.1) is 5.56 Å². The first kappa shape index (κ1) is 15.9. The number of nitrogens with one attached hydrogen (secondary N) is 1. The molecule has 0 aliphatic rings. The summed E-state index contributed by atoms with van der Waals surface area (Å²) in [7, 11) is 1.84. The number of carbonyl (C=O) groups is 1. The Hall–Kier alpha value is -2.96. The molecule has 1 heterocycles. The molecular weight excluding hydrogens is 321 g/mol. The molecule has 0 spiro atoms. The predicted molar refractivity (Wildman–Crippen MR) is 84.0 cm³/mol. The van der Waals surface area contributed by atoms with E-state index in [1.165, 1.54) is 12.1 Å².